The zero-order chi connectivity index (χ0) is 24.4. The van der Waals surface area contributed by atoms with Gasteiger partial charge in [0.25, 0.3) is 5.91 Å². The van der Waals surface area contributed by atoms with Crippen LogP contribution in [0.4, 0.5) is 11.4 Å². The summed E-state index contributed by atoms with van der Waals surface area (Å²) in [5, 5.41) is 29.1. The van der Waals surface area contributed by atoms with Crippen molar-refractivity contribution in [2.24, 2.45) is 10.2 Å². The summed E-state index contributed by atoms with van der Waals surface area (Å²) in [6.07, 6.45) is 0.530. The predicted octanol–water partition coefficient (Wildman–Crippen LogP) is 2.55. The van der Waals surface area contributed by atoms with Gasteiger partial charge in [0.1, 0.15) is 5.75 Å². The van der Waals surface area contributed by atoms with Crippen LogP contribution in [0.25, 0.3) is 0 Å². The molecule has 4 rings (SSSR count). The van der Waals surface area contributed by atoms with Crippen LogP contribution in [0.3, 0.4) is 0 Å². The van der Waals surface area contributed by atoms with Gasteiger partial charge in [-0.2, -0.15) is 10.2 Å². The Bertz CT molecular complexity index is 1220. The van der Waals surface area contributed by atoms with E-state index in [4.69, 9.17) is 5.11 Å². The normalized spacial score (nSPS) is 18.5. The maximum Gasteiger partial charge on any atom is 0.303 e. The highest BCUT2D eigenvalue weighted by Gasteiger charge is 2.35. The first kappa shape index (κ1) is 23.0. The van der Waals surface area contributed by atoms with Gasteiger partial charge in [-0.25, -0.2) is 5.01 Å². The third-order valence-corrected chi connectivity index (χ3v) is 5.94. The Morgan fingerprint density at radius 1 is 1.18 bits per heavy atom. The van der Waals surface area contributed by atoms with E-state index in [1.807, 2.05) is 24.3 Å². The summed E-state index contributed by atoms with van der Waals surface area (Å²) in [4.78, 5) is 37.7. The van der Waals surface area contributed by atoms with Gasteiger partial charge < -0.3 is 15.1 Å². The summed E-state index contributed by atoms with van der Waals surface area (Å²) >= 11 is 0. The monoisotopic (exact) mass is 463 g/mol. The van der Waals surface area contributed by atoms with Gasteiger partial charge in [0.15, 0.2) is 5.71 Å². The molecule has 176 valence electrons. The number of carboxylic acid groups (broad SMARTS) is 1. The molecule has 2 amide bonds. The molecule has 2 heterocycles. The largest absolute Gasteiger partial charge is 0.505 e. The molecule has 3 N–H and O–H groups in total. The van der Waals surface area contributed by atoms with E-state index >= 15 is 0 Å². The second kappa shape index (κ2) is 9.34. The summed E-state index contributed by atoms with van der Waals surface area (Å²) in [6, 6.07) is 12.7. The van der Waals surface area contributed by atoms with Crippen molar-refractivity contribution < 1.29 is 24.6 Å². The van der Waals surface area contributed by atoms with Gasteiger partial charge in [0, 0.05) is 25.7 Å². The first-order valence-electron chi connectivity index (χ1n) is 10.9. The van der Waals surface area contributed by atoms with Crippen LogP contribution in [-0.2, 0) is 20.8 Å². The van der Waals surface area contributed by atoms with Crippen LogP contribution in [0.15, 0.2) is 52.7 Å². The lowest BCUT2D eigenvalue weighted by molar-refractivity contribution is -0.137. The van der Waals surface area contributed by atoms with E-state index in [1.54, 1.807) is 37.1 Å². The Morgan fingerprint density at radius 2 is 1.94 bits per heavy atom. The third kappa shape index (κ3) is 4.34. The van der Waals surface area contributed by atoms with Crippen molar-refractivity contribution in [2.45, 2.75) is 32.1 Å². The molecule has 2 aliphatic rings. The van der Waals surface area contributed by atoms with Crippen LogP contribution in [0.1, 0.15) is 36.8 Å². The molecule has 34 heavy (non-hydrogen) atoms. The molecular formula is C24H25N5O5. The number of phenolic OH excluding ortho intramolecular Hbond substituents is 1. The molecule has 1 atom stereocenters. The summed E-state index contributed by atoms with van der Waals surface area (Å²) in [5.74, 6) is -1.87. The number of nitrogens with one attached hydrogen (secondary N) is 1. The van der Waals surface area contributed by atoms with E-state index in [9.17, 15) is 19.5 Å². The number of hydrogen-bond donors (Lipinski definition) is 3. The molecule has 10 nitrogen and oxygen atoms in total. The lowest BCUT2D eigenvalue weighted by Crippen LogP contribution is -2.29. The topological polar surface area (TPSA) is 135 Å². The Hall–Kier alpha value is -4.21. The van der Waals surface area contributed by atoms with E-state index in [0.29, 0.717) is 23.4 Å². The van der Waals surface area contributed by atoms with E-state index in [0.717, 1.165) is 11.3 Å². The number of likely N-dealkylation sites (N-methyl/N-ethyl adjacent to an activating group) is 1. The van der Waals surface area contributed by atoms with Gasteiger partial charge in [-0.1, -0.05) is 30.3 Å². The number of hydrazone groups is 2. The zero-order valence-electron chi connectivity index (χ0n) is 18.9. The predicted molar refractivity (Wildman–Crippen MR) is 127 cm³/mol. The zero-order valence-corrected chi connectivity index (χ0v) is 18.9. The molecule has 0 bridgehead atoms. The minimum absolute atomic E-state index is 0.0365. The van der Waals surface area contributed by atoms with Crippen molar-refractivity contribution in [2.75, 3.05) is 23.9 Å². The highest BCUT2D eigenvalue weighted by atomic mass is 16.4. The van der Waals surface area contributed by atoms with Crippen molar-refractivity contribution >= 4 is 40.6 Å². The number of carboxylic acids is 1. The number of amides is 2. The number of rotatable bonds is 8. The molecule has 0 fully saturated rings. The first-order chi connectivity index (χ1) is 16.3. The van der Waals surface area contributed by atoms with Crippen LogP contribution in [-0.4, -0.2) is 58.0 Å². The second-order valence-corrected chi connectivity index (χ2v) is 8.21. The molecule has 2 aliphatic heterocycles. The number of carbonyl (C=O) groups is 3. The molecule has 0 radical (unpaired) electrons. The maximum atomic E-state index is 12.8. The first-order valence-corrected chi connectivity index (χ1v) is 10.9. The standard InChI is InChI=1S/C24H25N5O5/c1-14-21(24(34)29(27-14)12-6-11-20(30)31)26-25-18-9-5-7-15(22(18)32)13-17-16-8-3-4-10-19(16)28(2)23(17)33/h3-5,7-10,17,25,32H,6,11-13H2,1-2H3,(H,30,31)/b26-21-. The van der Waals surface area contributed by atoms with E-state index in [-0.39, 0.29) is 36.8 Å². The number of aliphatic carboxylic acids is 1. The summed E-state index contributed by atoms with van der Waals surface area (Å²) in [6.45, 7) is 1.80. The van der Waals surface area contributed by atoms with Crippen molar-refractivity contribution in [1.29, 1.82) is 0 Å². The summed E-state index contributed by atoms with van der Waals surface area (Å²) in [5.41, 5.74) is 5.86. The number of benzene rings is 2. The molecular weight excluding hydrogens is 438 g/mol. The number of nitrogens with zero attached hydrogens (tertiary/aromatic N) is 4. The number of fused-ring (bicyclic) bond motifs is 1. The van der Waals surface area contributed by atoms with Crippen molar-refractivity contribution in [3.8, 4) is 5.75 Å². The third-order valence-electron chi connectivity index (χ3n) is 5.94. The van der Waals surface area contributed by atoms with Gasteiger partial charge in [-0.3, -0.25) is 19.8 Å². The van der Waals surface area contributed by atoms with Gasteiger partial charge >= 0.3 is 5.97 Å². The van der Waals surface area contributed by atoms with Crippen LogP contribution in [0.5, 0.6) is 5.75 Å². The molecule has 0 saturated carbocycles. The fourth-order valence-electron chi connectivity index (χ4n) is 4.16. The molecule has 0 aromatic heterocycles. The molecule has 0 spiro atoms. The average Bonchev–Trinajstić information content (AvgIpc) is 3.21. The Morgan fingerprint density at radius 3 is 2.71 bits per heavy atom. The van der Waals surface area contributed by atoms with Gasteiger partial charge in [-0.05, 0) is 43.0 Å². The Balaban J connectivity index is 1.49. The minimum Gasteiger partial charge on any atom is -0.505 e. The fourth-order valence-corrected chi connectivity index (χ4v) is 4.16. The van der Waals surface area contributed by atoms with Crippen LogP contribution in [0, 0.1) is 0 Å². The number of hydrogen-bond acceptors (Lipinski definition) is 7. The van der Waals surface area contributed by atoms with Gasteiger partial charge in [0.2, 0.25) is 5.91 Å². The number of aromatic hydroxyl groups is 1. The molecule has 0 saturated heterocycles. The molecule has 2 aromatic carbocycles. The molecule has 2 aromatic rings. The SMILES string of the molecule is CC1=NN(CCCC(=O)O)C(=O)/C1=N\Nc1cccc(CC2C(=O)N(C)c3ccccc32)c1O. The number of phenols is 1. The molecule has 1 unspecified atom stereocenters. The number of para-hydroxylation sites is 2. The van der Waals surface area contributed by atoms with E-state index in [1.165, 1.54) is 5.01 Å². The van der Waals surface area contributed by atoms with E-state index in [2.05, 4.69) is 15.6 Å². The highest BCUT2D eigenvalue weighted by molar-refractivity contribution is 6.68. The van der Waals surface area contributed by atoms with Crippen LogP contribution < -0.4 is 10.3 Å². The van der Waals surface area contributed by atoms with Gasteiger partial charge in [-0.15, -0.1) is 0 Å². The minimum atomic E-state index is -0.937. The summed E-state index contributed by atoms with van der Waals surface area (Å²) in [7, 11) is 1.74. The highest BCUT2D eigenvalue weighted by Crippen LogP contribution is 2.40. The van der Waals surface area contributed by atoms with Crippen LogP contribution in [0.2, 0.25) is 0 Å². The molecule has 10 heteroatoms. The summed E-state index contributed by atoms with van der Waals surface area (Å²) < 4.78 is 0. The Labute approximate surface area is 196 Å². The van der Waals surface area contributed by atoms with Gasteiger partial charge in [0.05, 0.1) is 17.3 Å². The lowest BCUT2D eigenvalue weighted by atomic mass is 9.92. The van der Waals surface area contributed by atoms with Crippen molar-refractivity contribution in [1.82, 2.24) is 5.01 Å². The lowest BCUT2D eigenvalue weighted by Gasteiger charge is -2.14. The quantitative estimate of drug-likeness (QED) is 0.407. The number of anilines is 2. The maximum absolute atomic E-state index is 12.8. The second-order valence-electron chi connectivity index (χ2n) is 8.21. The fraction of sp³-hybridized carbons (Fsp3) is 0.292. The number of carbonyl (C=O) groups excluding carboxylic acids is 2. The average molecular weight is 463 g/mol. The van der Waals surface area contributed by atoms with Crippen molar-refractivity contribution in [3.05, 3.63) is 53.6 Å². The van der Waals surface area contributed by atoms with E-state index < -0.39 is 17.8 Å². The van der Waals surface area contributed by atoms with Crippen molar-refractivity contribution in [3.63, 3.8) is 0 Å². The smallest absolute Gasteiger partial charge is 0.303 e. The molecule has 0 aliphatic carbocycles. The Kier molecular flexibility index (Phi) is 6.31. The van der Waals surface area contributed by atoms with Crippen LogP contribution >= 0.6 is 0 Å².